The van der Waals surface area contributed by atoms with Crippen LogP contribution < -0.4 is 15.8 Å². The number of hydrogen-bond acceptors (Lipinski definition) is 10. The second-order valence-electron chi connectivity index (χ2n) is 11.4. The molecule has 7 atom stereocenters. The number of benzene rings is 1. The van der Waals surface area contributed by atoms with Gasteiger partial charge in [0.2, 0.25) is 5.78 Å². The summed E-state index contributed by atoms with van der Waals surface area (Å²) in [5, 5.41) is 48.5. The summed E-state index contributed by atoms with van der Waals surface area (Å²) in [6, 6.07) is 0.481. The number of piperidine rings is 1. The van der Waals surface area contributed by atoms with Crippen molar-refractivity contribution < 1.29 is 39.5 Å². The Morgan fingerprint density at radius 2 is 1.92 bits per heavy atom. The van der Waals surface area contributed by atoms with Gasteiger partial charge in [0, 0.05) is 28.7 Å². The minimum atomic E-state index is -2.65. The number of nitrogens with two attached hydrogens (primary N) is 1. The summed E-state index contributed by atoms with van der Waals surface area (Å²) in [4.78, 5) is 40.8. The average molecular weight is 526 g/mol. The number of hydrogen-bond donors (Lipinski definition) is 6. The van der Waals surface area contributed by atoms with E-state index in [-0.39, 0.29) is 35.8 Å². The van der Waals surface area contributed by atoms with Crippen LogP contribution in [0, 0.1) is 23.7 Å². The van der Waals surface area contributed by atoms with Crippen LogP contribution in [0.25, 0.3) is 0 Å². The molecule has 1 aromatic rings. The highest BCUT2D eigenvalue weighted by Gasteiger charge is 2.63. The quantitative estimate of drug-likeness (QED) is 0.301. The SMILES string of the molecule is COc1c(C2NCC3CC32)cc(O)c2c1C[C@H]1C[C@H]3[C@H](N(C)C)C(O)=C(C(N)=O)C(=O)[C@@]3(O)C(O)=C1C2=O. The second kappa shape index (κ2) is 8.05. The predicted octanol–water partition coefficient (Wildman–Crippen LogP) is 0.410. The molecule has 2 fully saturated rings. The molecule has 0 radical (unpaired) electrons. The van der Waals surface area contributed by atoms with Crippen molar-refractivity contribution >= 4 is 17.5 Å². The molecule has 3 unspecified atom stereocenters. The van der Waals surface area contributed by atoms with Gasteiger partial charge in [0.05, 0.1) is 18.7 Å². The monoisotopic (exact) mass is 525 g/mol. The number of phenolic OH excluding ortho intramolecular Hbond substituents is 1. The third kappa shape index (κ3) is 3.03. The number of amides is 1. The van der Waals surface area contributed by atoms with Crippen molar-refractivity contribution in [1.82, 2.24) is 10.2 Å². The number of allylic oxidation sites excluding steroid dienone is 1. The first kappa shape index (κ1) is 24.9. The van der Waals surface area contributed by atoms with Crippen LogP contribution in [0.3, 0.4) is 0 Å². The highest BCUT2D eigenvalue weighted by Crippen LogP contribution is 2.57. The largest absolute Gasteiger partial charge is 0.510 e. The number of carbonyl (C=O) groups excluding carboxylic acids is 3. The number of methoxy groups -OCH3 is 1. The van der Waals surface area contributed by atoms with Crippen molar-refractivity contribution in [2.75, 3.05) is 27.7 Å². The zero-order valence-electron chi connectivity index (χ0n) is 21.3. The highest BCUT2D eigenvalue weighted by molar-refractivity contribution is 6.24. The molecule has 1 saturated carbocycles. The first-order valence-corrected chi connectivity index (χ1v) is 12.7. The van der Waals surface area contributed by atoms with E-state index in [0.29, 0.717) is 23.1 Å². The number of ketones is 2. The zero-order chi connectivity index (χ0) is 27.4. The number of likely N-dealkylation sites (N-methyl/N-ethyl adjacent to an activating group) is 1. The number of fused-ring (bicyclic) bond motifs is 4. The molecule has 4 aliphatic carbocycles. The summed E-state index contributed by atoms with van der Waals surface area (Å²) in [5.74, 6) is -5.15. The fourth-order valence-electron chi connectivity index (χ4n) is 7.48. The predicted molar refractivity (Wildman–Crippen MR) is 133 cm³/mol. The van der Waals surface area contributed by atoms with E-state index in [0.717, 1.165) is 18.5 Å². The summed E-state index contributed by atoms with van der Waals surface area (Å²) in [6.45, 7) is 0.878. The summed E-state index contributed by atoms with van der Waals surface area (Å²) < 4.78 is 5.80. The van der Waals surface area contributed by atoms with Crippen molar-refractivity contribution in [2.24, 2.45) is 29.4 Å². The molecule has 11 nitrogen and oxygen atoms in total. The van der Waals surface area contributed by atoms with Gasteiger partial charge in [-0.1, -0.05) is 0 Å². The molecule has 1 amide bonds. The lowest BCUT2D eigenvalue weighted by Crippen LogP contribution is -2.63. The zero-order valence-corrected chi connectivity index (χ0v) is 21.3. The first-order chi connectivity index (χ1) is 17.9. The van der Waals surface area contributed by atoms with E-state index in [1.807, 2.05) is 0 Å². The van der Waals surface area contributed by atoms with E-state index in [1.165, 1.54) is 18.1 Å². The Bertz CT molecular complexity index is 1380. The molecule has 0 aromatic heterocycles. The highest BCUT2D eigenvalue weighted by atomic mass is 16.5. The van der Waals surface area contributed by atoms with Crippen LogP contribution in [-0.2, 0) is 16.0 Å². The maximum atomic E-state index is 13.8. The molecular weight excluding hydrogens is 494 g/mol. The summed E-state index contributed by atoms with van der Waals surface area (Å²) in [5.41, 5.74) is 2.94. The van der Waals surface area contributed by atoms with Gasteiger partial charge in [0.15, 0.2) is 11.4 Å². The van der Waals surface area contributed by atoms with Crippen LogP contribution in [0.1, 0.15) is 40.4 Å². The van der Waals surface area contributed by atoms with Crippen LogP contribution in [0.2, 0.25) is 0 Å². The van der Waals surface area contributed by atoms with E-state index in [4.69, 9.17) is 10.5 Å². The van der Waals surface area contributed by atoms with Crippen molar-refractivity contribution in [3.8, 4) is 11.5 Å². The molecule has 11 heteroatoms. The molecule has 202 valence electrons. The first-order valence-electron chi connectivity index (χ1n) is 12.7. The second-order valence-corrected chi connectivity index (χ2v) is 11.4. The average Bonchev–Trinajstić information content (AvgIpc) is 3.50. The van der Waals surface area contributed by atoms with E-state index in [9.17, 15) is 34.8 Å². The number of aromatic hydroxyl groups is 1. The van der Waals surface area contributed by atoms with Crippen LogP contribution in [0.5, 0.6) is 11.5 Å². The Labute approximate surface area is 218 Å². The van der Waals surface area contributed by atoms with Crippen molar-refractivity contribution in [3.63, 3.8) is 0 Å². The van der Waals surface area contributed by atoms with Gasteiger partial charge in [0.25, 0.3) is 5.91 Å². The Kier molecular flexibility index (Phi) is 5.27. The van der Waals surface area contributed by atoms with Gasteiger partial charge in [-0.15, -0.1) is 0 Å². The van der Waals surface area contributed by atoms with Crippen molar-refractivity contribution in [2.45, 2.75) is 36.9 Å². The Morgan fingerprint density at radius 3 is 2.47 bits per heavy atom. The van der Waals surface area contributed by atoms with Crippen LogP contribution in [-0.4, -0.2) is 82.2 Å². The molecule has 1 heterocycles. The number of nitrogens with one attached hydrogen (secondary N) is 1. The fourth-order valence-corrected chi connectivity index (χ4v) is 7.48. The number of phenols is 1. The fraction of sp³-hybridized carbons (Fsp3) is 0.519. The summed E-state index contributed by atoms with van der Waals surface area (Å²) in [7, 11) is 4.71. The van der Waals surface area contributed by atoms with Gasteiger partial charge >= 0.3 is 0 Å². The van der Waals surface area contributed by atoms with Crippen LogP contribution in [0.15, 0.2) is 28.7 Å². The minimum absolute atomic E-state index is 0.00793. The third-order valence-corrected chi connectivity index (χ3v) is 9.25. The Balaban J connectivity index is 1.52. The van der Waals surface area contributed by atoms with Gasteiger partial charge in [-0.25, -0.2) is 0 Å². The topological polar surface area (TPSA) is 183 Å². The number of aliphatic hydroxyl groups excluding tert-OH is 2. The standard InChI is InChI=1S/C27H31N3O8/c1-30(2)20-14-6-9-4-12-17(15(31)7-13(23(12)38-3)19-11-5-10(11)8-29-19)21(32)16(9)24(34)27(14,37)25(35)18(22(20)33)26(28)36/h7,9-11,14,19-20,29,31,33-34,37H,4-6,8H2,1-3H3,(H2,28,36)/t9-,10?,11?,14-,19?,20-,27-/m0/s1. The summed E-state index contributed by atoms with van der Waals surface area (Å²) in [6.07, 6.45) is 1.32. The van der Waals surface area contributed by atoms with E-state index < -0.39 is 58.0 Å². The molecule has 7 N–H and O–H groups in total. The number of carbonyl (C=O) groups is 3. The molecule has 0 bridgehead atoms. The number of nitrogens with zero attached hydrogens (tertiary/aromatic N) is 1. The number of ether oxygens (including phenoxy) is 1. The van der Waals surface area contributed by atoms with Crippen molar-refractivity contribution in [3.05, 3.63) is 45.4 Å². The molecule has 38 heavy (non-hydrogen) atoms. The van der Waals surface area contributed by atoms with Gasteiger partial charge < -0.3 is 36.2 Å². The number of Topliss-reactive ketones (excluding diaryl/α,β-unsaturated/α-hetero) is 2. The molecule has 6 rings (SSSR count). The third-order valence-electron chi connectivity index (χ3n) is 9.25. The lowest BCUT2D eigenvalue weighted by atomic mass is 9.58. The van der Waals surface area contributed by atoms with E-state index in [1.54, 1.807) is 14.1 Å². The molecule has 1 saturated heterocycles. The van der Waals surface area contributed by atoms with Crippen LogP contribution in [0.4, 0.5) is 0 Å². The van der Waals surface area contributed by atoms with Crippen LogP contribution >= 0.6 is 0 Å². The molecule has 5 aliphatic rings. The number of primary amides is 1. The normalized spacial score (nSPS) is 35.6. The van der Waals surface area contributed by atoms with Gasteiger partial charge in [-0.3, -0.25) is 19.3 Å². The number of aliphatic hydroxyl groups is 3. The Morgan fingerprint density at radius 1 is 1.21 bits per heavy atom. The molecule has 1 aliphatic heterocycles. The van der Waals surface area contributed by atoms with E-state index in [2.05, 4.69) is 5.32 Å². The van der Waals surface area contributed by atoms with Gasteiger partial charge in [-0.2, -0.15) is 0 Å². The van der Waals surface area contributed by atoms with Gasteiger partial charge in [0.1, 0.15) is 28.6 Å². The van der Waals surface area contributed by atoms with Crippen molar-refractivity contribution in [1.29, 1.82) is 0 Å². The molecule has 0 spiro atoms. The maximum absolute atomic E-state index is 13.8. The number of rotatable bonds is 4. The maximum Gasteiger partial charge on any atom is 0.255 e. The lowest BCUT2D eigenvalue weighted by Gasteiger charge is -2.50. The minimum Gasteiger partial charge on any atom is -0.510 e. The molecule has 1 aromatic carbocycles. The van der Waals surface area contributed by atoms with Gasteiger partial charge in [-0.05, 0) is 63.7 Å². The molecular formula is C27H31N3O8. The summed E-state index contributed by atoms with van der Waals surface area (Å²) >= 11 is 0. The Hall–Kier alpha value is -3.41. The smallest absolute Gasteiger partial charge is 0.255 e. The van der Waals surface area contributed by atoms with E-state index >= 15 is 0 Å². The lowest BCUT2D eigenvalue weighted by molar-refractivity contribution is -0.148.